The summed E-state index contributed by atoms with van der Waals surface area (Å²) in [7, 11) is 2.05. The van der Waals surface area contributed by atoms with Crippen LogP contribution < -0.4 is 5.32 Å². The van der Waals surface area contributed by atoms with Crippen molar-refractivity contribution in [3.8, 4) is 0 Å². The SMILES string of the molecule is CCCNC(CCc1ccnn1C)CC1CCCCCC1. The first-order valence-electron chi connectivity index (χ1n) is 9.00. The van der Waals surface area contributed by atoms with E-state index in [0.717, 1.165) is 18.9 Å². The van der Waals surface area contributed by atoms with Crippen molar-refractivity contribution in [2.24, 2.45) is 13.0 Å². The second kappa shape index (κ2) is 9.24. The molecule has 3 heteroatoms. The van der Waals surface area contributed by atoms with Crippen molar-refractivity contribution in [3.05, 3.63) is 18.0 Å². The molecule has 1 saturated carbocycles. The number of nitrogens with zero attached hydrogens (tertiary/aromatic N) is 2. The largest absolute Gasteiger partial charge is 0.314 e. The molecule has 1 aromatic rings. The van der Waals surface area contributed by atoms with Crippen LogP contribution in [0, 0.1) is 5.92 Å². The van der Waals surface area contributed by atoms with E-state index >= 15 is 0 Å². The molecule has 0 amide bonds. The van der Waals surface area contributed by atoms with E-state index in [1.165, 1.54) is 63.5 Å². The van der Waals surface area contributed by atoms with Crippen molar-refractivity contribution in [1.82, 2.24) is 15.1 Å². The van der Waals surface area contributed by atoms with Gasteiger partial charge >= 0.3 is 0 Å². The highest BCUT2D eigenvalue weighted by molar-refractivity contribution is 5.00. The van der Waals surface area contributed by atoms with Crippen LogP contribution in [-0.2, 0) is 13.5 Å². The second-order valence-electron chi connectivity index (χ2n) is 6.73. The van der Waals surface area contributed by atoms with Crippen LogP contribution >= 0.6 is 0 Å². The summed E-state index contributed by atoms with van der Waals surface area (Å²) in [4.78, 5) is 0. The summed E-state index contributed by atoms with van der Waals surface area (Å²) in [6.45, 7) is 3.42. The molecular formula is C18H33N3. The molecule has 1 heterocycles. The molecule has 1 atom stereocenters. The highest BCUT2D eigenvalue weighted by atomic mass is 15.2. The standard InChI is InChI=1S/C18H33N3/c1-3-13-19-17(10-11-18-12-14-20-21(18)2)15-16-8-6-4-5-7-9-16/h12,14,16-17,19H,3-11,13,15H2,1-2H3. The Balaban J connectivity index is 1.82. The summed E-state index contributed by atoms with van der Waals surface area (Å²) in [5.41, 5.74) is 1.36. The first kappa shape index (κ1) is 16.5. The Morgan fingerprint density at radius 2 is 2.05 bits per heavy atom. The highest BCUT2D eigenvalue weighted by Gasteiger charge is 2.18. The normalized spacial score (nSPS) is 18.6. The molecule has 1 aliphatic carbocycles. The number of nitrogens with one attached hydrogen (secondary N) is 1. The number of aryl methyl sites for hydroxylation is 2. The van der Waals surface area contributed by atoms with Crippen LogP contribution in [0.25, 0.3) is 0 Å². The third kappa shape index (κ3) is 5.82. The van der Waals surface area contributed by atoms with E-state index in [2.05, 4.69) is 30.5 Å². The number of rotatable bonds is 8. The van der Waals surface area contributed by atoms with Gasteiger partial charge in [-0.2, -0.15) is 5.10 Å². The quantitative estimate of drug-likeness (QED) is 0.731. The Labute approximate surface area is 130 Å². The van der Waals surface area contributed by atoms with Gasteiger partial charge in [0, 0.05) is 25.0 Å². The molecule has 0 bridgehead atoms. The molecule has 120 valence electrons. The van der Waals surface area contributed by atoms with Crippen molar-refractivity contribution >= 4 is 0 Å². The van der Waals surface area contributed by atoms with Crippen LogP contribution in [0.5, 0.6) is 0 Å². The smallest absolute Gasteiger partial charge is 0.0492 e. The van der Waals surface area contributed by atoms with Crippen LogP contribution in [0.15, 0.2) is 12.3 Å². The van der Waals surface area contributed by atoms with Gasteiger partial charge < -0.3 is 5.32 Å². The molecule has 1 aromatic heterocycles. The van der Waals surface area contributed by atoms with Gasteiger partial charge in [0.2, 0.25) is 0 Å². The van der Waals surface area contributed by atoms with E-state index < -0.39 is 0 Å². The fourth-order valence-corrected chi connectivity index (χ4v) is 3.62. The van der Waals surface area contributed by atoms with Crippen LogP contribution in [0.1, 0.15) is 70.4 Å². The average Bonchev–Trinajstić information content (AvgIpc) is 2.74. The van der Waals surface area contributed by atoms with E-state index in [0.29, 0.717) is 6.04 Å². The van der Waals surface area contributed by atoms with E-state index in [1.54, 1.807) is 0 Å². The molecule has 0 spiro atoms. The molecule has 3 nitrogen and oxygen atoms in total. The van der Waals surface area contributed by atoms with E-state index in [4.69, 9.17) is 0 Å². The molecule has 1 N–H and O–H groups in total. The first-order valence-corrected chi connectivity index (χ1v) is 9.00. The van der Waals surface area contributed by atoms with Crippen LogP contribution in [0.4, 0.5) is 0 Å². The zero-order valence-corrected chi connectivity index (χ0v) is 14.0. The lowest BCUT2D eigenvalue weighted by Crippen LogP contribution is -2.32. The van der Waals surface area contributed by atoms with E-state index in [-0.39, 0.29) is 0 Å². The summed E-state index contributed by atoms with van der Waals surface area (Å²) < 4.78 is 2.02. The Hall–Kier alpha value is -0.830. The molecule has 21 heavy (non-hydrogen) atoms. The van der Waals surface area contributed by atoms with Gasteiger partial charge in [-0.3, -0.25) is 4.68 Å². The summed E-state index contributed by atoms with van der Waals surface area (Å²) >= 11 is 0. The van der Waals surface area contributed by atoms with Gasteiger partial charge in [-0.15, -0.1) is 0 Å². The van der Waals surface area contributed by atoms with Crippen molar-refractivity contribution < 1.29 is 0 Å². The van der Waals surface area contributed by atoms with Crippen LogP contribution in [0.3, 0.4) is 0 Å². The van der Waals surface area contributed by atoms with Crippen molar-refractivity contribution in [2.45, 2.75) is 77.2 Å². The minimum atomic E-state index is 0.683. The molecule has 0 saturated heterocycles. The molecule has 0 aromatic carbocycles. The maximum Gasteiger partial charge on any atom is 0.0492 e. The van der Waals surface area contributed by atoms with Gasteiger partial charge in [0.1, 0.15) is 0 Å². The molecule has 0 radical (unpaired) electrons. The van der Waals surface area contributed by atoms with Crippen molar-refractivity contribution in [3.63, 3.8) is 0 Å². The summed E-state index contributed by atoms with van der Waals surface area (Å²) in [5, 5.41) is 8.07. The molecule has 1 unspecified atom stereocenters. The predicted molar refractivity (Wildman–Crippen MR) is 89.4 cm³/mol. The van der Waals surface area contributed by atoms with Gasteiger partial charge in [-0.1, -0.05) is 45.4 Å². The van der Waals surface area contributed by atoms with Crippen LogP contribution in [0.2, 0.25) is 0 Å². The van der Waals surface area contributed by atoms with Gasteiger partial charge in [-0.05, 0) is 44.2 Å². The maximum absolute atomic E-state index is 4.28. The topological polar surface area (TPSA) is 29.9 Å². The van der Waals surface area contributed by atoms with Crippen LogP contribution in [-0.4, -0.2) is 22.4 Å². The lowest BCUT2D eigenvalue weighted by atomic mass is 9.90. The number of hydrogen-bond donors (Lipinski definition) is 1. The highest BCUT2D eigenvalue weighted by Crippen LogP contribution is 2.27. The molecule has 2 rings (SSSR count). The van der Waals surface area contributed by atoms with Gasteiger partial charge in [0.15, 0.2) is 0 Å². The molecule has 0 aliphatic heterocycles. The maximum atomic E-state index is 4.28. The predicted octanol–water partition coefficient (Wildman–Crippen LogP) is 4.08. The van der Waals surface area contributed by atoms with Gasteiger partial charge in [0.25, 0.3) is 0 Å². The van der Waals surface area contributed by atoms with Gasteiger partial charge in [-0.25, -0.2) is 0 Å². The second-order valence-corrected chi connectivity index (χ2v) is 6.73. The summed E-state index contributed by atoms with van der Waals surface area (Å²) in [6, 6.07) is 2.84. The fraction of sp³-hybridized carbons (Fsp3) is 0.833. The average molecular weight is 291 g/mol. The van der Waals surface area contributed by atoms with Crippen molar-refractivity contribution in [1.29, 1.82) is 0 Å². The van der Waals surface area contributed by atoms with Crippen molar-refractivity contribution in [2.75, 3.05) is 6.54 Å². The minimum Gasteiger partial charge on any atom is -0.314 e. The third-order valence-corrected chi connectivity index (χ3v) is 4.95. The molecule has 1 aliphatic rings. The van der Waals surface area contributed by atoms with Gasteiger partial charge in [0.05, 0.1) is 0 Å². The monoisotopic (exact) mass is 291 g/mol. The summed E-state index contributed by atoms with van der Waals surface area (Å²) in [5.74, 6) is 0.952. The first-order chi connectivity index (χ1) is 10.3. The Bertz CT molecular complexity index is 378. The lowest BCUT2D eigenvalue weighted by Gasteiger charge is -2.24. The Morgan fingerprint density at radius 3 is 2.67 bits per heavy atom. The third-order valence-electron chi connectivity index (χ3n) is 4.95. The Morgan fingerprint density at radius 1 is 1.29 bits per heavy atom. The zero-order chi connectivity index (χ0) is 14.9. The molecular weight excluding hydrogens is 258 g/mol. The number of hydrogen-bond acceptors (Lipinski definition) is 2. The fourth-order valence-electron chi connectivity index (χ4n) is 3.62. The number of aromatic nitrogens is 2. The van der Waals surface area contributed by atoms with E-state index in [9.17, 15) is 0 Å². The summed E-state index contributed by atoms with van der Waals surface area (Å²) in [6.07, 6.45) is 15.6. The van der Waals surface area contributed by atoms with E-state index in [1.807, 2.05) is 10.9 Å². The zero-order valence-electron chi connectivity index (χ0n) is 14.0. The Kier molecular flexibility index (Phi) is 7.28. The molecule has 1 fully saturated rings. The lowest BCUT2D eigenvalue weighted by molar-refractivity contribution is 0.338. The minimum absolute atomic E-state index is 0.683.